The van der Waals surface area contributed by atoms with E-state index >= 15 is 0 Å². The summed E-state index contributed by atoms with van der Waals surface area (Å²) >= 11 is 1.65. The number of hydrogen-bond donors (Lipinski definition) is 0. The predicted molar refractivity (Wildman–Crippen MR) is 111 cm³/mol. The third-order valence-corrected chi connectivity index (χ3v) is 8.45. The monoisotopic (exact) mass is 389 g/mol. The van der Waals surface area contributed by atoms with Crippen LogP contribution in [0.2, 0.25) is 0 Å². The van der Waals surface area contributed by atoms with Gasteiger partial charge in [0, 0.05) is 24.8 Å². The molecular formula is C22H35N3OS. The second kappa shape index (κ2) is 7.81. The number of fused-ring (bicyclic) bond motifs is 2. The van der Waals surface area contributed by atoms with Gasteiger partial charge in [-0.3, -0.25) is 4.79 Å². The number of aryl methyl sites for hydroxylation is 1. The second-order valence-corrected chi connectivity index (χ2v) is 10.3. The number of amides is 1. The molecule has 4 rings (SSSR count). The molecule has 3 aliphatic rings. The van der Waals surface area contributed by atoms with Crippen molar-refractivity contribution in [2.75, 3.05) is 18.8 Å². The Hall–Kier alpha value is -0.970. The number of nitrogens with zero attached hydrogens (tertiary/aromatic N) is 3. The molecule has 5 atom stereocenters. The quantitative estimate of drug-likeness (QED) is 0.676. The molecule has 1 amide bonds. The third-order valence-electron chi connectivity index (χ3n) is 7.51. The lowest BCUT2D eigenvalue weighted by Crippen LogP contribution is -2.40. The summed E-state index contributed by atoms with van der Waals surface area (Å²) in [5, 5.41) is 1.05. The highest BCUT2D eigenvalue weighted by Gasteiger charge is 2.43. The number of thioether (sulfide) groups is 1. The Morgan fingerprint density at radius 1 is 1.26 bits per heavy atom. The zero-order valence-electron chi connectivity index (χ0n) is 17.4. The maximum absolute atomic E-state index is 12.7. The molecule has 2 saturated carbocycles. The molecule has 2 heterocycles. The third kappa shape index (κ3) is 3.81. The van der Waals surface area contributed by atoms with E-state index in [0.29, 0.717) is 17.7 Å². The maximum atomic E-state index is 12.7. The normalized spacial score (nSPS) is 31.5. The SMILES string of the molecule is Cc1nc(SCC(=O)N2CCC[C@H](C)C2)n([C@@H](C)[C@@H]2C[C@H]3CC[C@H]2C3)c1C. The fourth-order valence-corrected chi connectivity index (χ4v) is 6.97. The van der Waals surface area contributed by atoms with E-state index in [-0.39, 0.29) is 5.91 Å². The highest BCUT2D eigenvalue weighted by Crippen LogP contribution is 2.52. The highest BCUT2D eigenvalue weighted by molar-refractivity contribution is 7.99. The lowest BCUT2D eigenvalue weighted by Gasteiger charge is -2.31. The molecule has 4 nitrogen and oxygen atoms in total. The molecule has 150 valence electrons. The van der Waals surface area contributed by atoms with Gasteiger partial charge in [-0.1, -0.05) is 25.1 Å². The number of imidazole rings is 1. The van der Waals surface area contributed by atoms with Crippen LogP contribution in [-0.2, 0) is 4.79 Å². The molecule has 2 bridgehead atoms. The van der Waals surface area contributed by atoms with Crippen LogP contribution in [0.15, 0.2) is 5.16 Å². The van der Waals surface area contributed by atoms with E-state index in [9.17, 15) is 4.79 Å². The maximum Gasteiger partial charge on any atom is 0.233 e. The summed E-state index contributed by atoms with van der Waals surface area (Å²) in [5.41, 5.74) is 2.40. The number of carbonyl (C=O) groups is 1. The van der Waals surface area contributed by atoms with Crippen molar-refractivity contribution in [1.29, 1.82) is 0 Å². The number of rotatable bonds is 5. The molecule has 0 unspecified atom stereocenters. The number of carbonyl (C=O) groups excluding carboxylic acids is 1. The Kier molecular flexibility index (Phi) is 5.59. The van der Waals surface area contributed by atoms with Crippen molar-refractivity contribution in [3.05, 3.63) is 11.4 Å². The van der Waals surface area contributed by atoms with Gasteiger partial charge in [-0.05, 0) is 76.5 Å². The largest absolute Gasteiger partial charge is 0.342 e. The second-order valence-electron chi connectivity index (χ2n) is 9.39. The van der Waals surface area contributed by atoms with Crippen molar-refractivity contribution in [3.63, 3.8) is 0 Å². The van der Waals surface area contributed by atoms with Crippen molar-refractivity contribution in [1.82, 2.24) is 14.5 Å². The smallest absolute Gasteiger partial charge is 0.233 e. The molecule has 0 spiro atoms. The molecule has 1 aromatic rings. The molecule has 2 aliphatic carbocycles. The topological polar surface area (TPSA) is 38.1 Å². The van der Waals surface area contributed by atoms with E-state index < -0.39 is 0 Å². The summed E-state index contributed by atoms with van der Waals surface area (Å²) < 4.78 is 2.46. The molecule has 1 aliphatic heterocycles. The Balaban J connectivity index is 1.45. The van der Waals surface area contributed by atoms with Crippen molar-refractivity contribution >= 4 is 17.7 Å². The number of aromatic nitrogens is 2. The van der Waals surface area contributed by atoms with Gasteiger partial charge in [0.15, 0.2) is 5.16 Å². The van der Waals surface area contributed by atoms with Crippen LogP contribution in [0.4, 0.5) is 0 Å². The zero-order valence-corrected chi connectivity index (χ0v) is 18.2. The minimum atomic E-state index is 0.281. The van der Waals surface area contributed by atoms with Gasteiger partial charge >= 0.3 is 0 Å². The van der Waals surface area contributed by atoms with Gasteiger partial charge < -0.3 is 9.47 Å². The average molecular weight is 390 g/mol. The van der Waals surface area contributed by atoms with Crippen LogP contribution in [0.25, 0.3) is 0 Å². The van der Waals surface area contributed by atoms with E-state index in [0.717, 1.165) is 48.1 Å². The summed E-state index contributed by atoms with van der Waals surface area (Å²) in [7, 11) is 0. The molecule has 1 aromatic heterocycles. The van der Waals surface area contributed by atoms with Crippen molar-refractivity contribution in [2.45, 2.75) is 77.4 Å². The summed E-state index contributed by atoms with van der Waals surface area (Å²) in [6.07, 6.45) is 8.08. The van der Waals surface area contributed by atoms with E-state index in [1.807, 2.05) is 0 Å². The highest BCUT2D eigenvalue weighted by atomic mass is 32.2. The van der Waals surface area contributed by atoms with Crippen molar-refractivity contribution in [2.24, 2.45) is 23.7 Å². The van der Waals surface area contributed by atoms with Crippen LogP contribution in [0, 0.1) is 37.5 Å². The van der Waals surface area contributed by atoms with Crippen LogP contribution in [0.3, 0.4) is 0 Å². The minimum Gasteiger partial charge on any atom is -0.342 e. The molecule has 27 heavy (non-hydrogen) atoms. The summed E-state index contributed by atoms with van der Waals surface area (Å²) in [5.74, 6) is 4.09. The number of likely N-dealkylation sites (tertiary alicyclic amines) is 1. The summed E-state index contributed by atoms with van der Waals surface area (Å²) in [6.45, 7) is 10.8. The Morgan fingerprint density at radius 3 is 2.74 bits per heavy atom. The molecule has 1 saturated heterocycles. The first-order chi connectivity index (χ1) is 12.9. The lowest BCUT2D eigenvalue weighted by atomic mass is 9.84. The number of hydrogen-bond acceptors (Lipinski definition) is 3. The lowest BCUT2D eigenvalue weighted by molar-refractivity contribution is -0.130. The first kappa shape index (κ1) is 19.4. The van der Waals surface area contributed by atoms with Crippen molar-refractivity contribution in [3.8, 4) is 0 Å². The Bertz CT molecular complexity index is 700. The molecule has 0 radical (unpaired) electrons. The van der Waals surface area contributed by atoms with Crippen molar-refractivity contribution < 1.29 is 4.79 Å². The molecule has 0 aromatic carbocycles. The van der Waals surface area contributed by atoms with E-state index in [1.54, 1.807) is 11.8 Å². The van der Waals surface area contributed by atoms with Gasteiger partial charge in [0.25, 0.3) is 0 Å². The molecule has 3 fully saturated rings. The fourth-order valence-electron chi connectivity index (χ4n) is 5.89. The zero-order chi connectivity index (χ0) is 19.1. The first-order valence-corrected chi connectivity index (χ1v) is 11.9. The van der Waals surface area contributed by atoms with Gasteiger partial charge in [0.05, 0.1) is 11.4 Å². The van der Waals surface area contributed by atoms with Crippen LogP contribution in [-0.4, -0.2) is 39.2 Å². The number of piperidine rings is 1. The van der Waals surface area contributed by atoms with E-state index in [2.05, 4.69) is 37.2 Å². The Morgan fingerprint density at radius 2 is 2.07 bits per heavy atom. The summed E-state index contributed by atoms with van der Waals surface area (Å²) in [4.78, 5) is 19.6. The van der Waals surface area contributed by atoms with E-state index in [1.165, 1.54) is 37.8 Å². The van der Waals surface area contributed by atoms with Crippen LogP contribution < -0.4 is 0 Å². The van der Waals surface area contributed by atoms with E-state index in [4.69, 9.17) is 4.98 Å². The predicted octanol–water partition coefficient (Wildman–Crippen LogP) is 4.85. The van der Waals surface area contributed by atoms with Gasteiger partial charge in [0.1, 0.15) is 0 Å². The Labute approximate surface area is 168 Å². The molecule has 0 N–H and O–H groups in total. The van der Waals surface area contributed by atoms with Gasteiger partial charge in [0.2, 0.25) is 5.91 Å². The summed E-state index contributed by atoms with van der Waals surface area (Å²) in [6, 6.07) is 0.495. The van der Waals surface area contributed by atoms with Crippen LogP contribution in [0.1, 0.15) is 69.8 Å². The van der Waals surface area contributed by atoms with Gasteiger partial charge in [-0.15, -0.1) is 0 Å². The fraction of sp³-hybridized carbons (Fsp3) is 0.818. The van der Waals surface area contributed by atoms with Crippen LogP contribution >= 0.6 is 11.8 Å². The minimum absolute atomic E-state index is 0.281. The van der Waals surface area contributed by atoms with Gasteiger partial charge in [-0.25, -0.2) is 4.98 Å². The average Bonchev–Trinajstić information content (AvgIpc) is 3.35. The van der Waals surface area contributed by atoms with Gasteiger partial charge in [-0.2, -0.15) is 0 Å². The molecule has 5 heteroatoms. The standard InChI is InChI=1S/C22H35N3OS/c1-14-6-5-9-24(12-14)21(26)13-27-22-23-15(2)16(3)25(22)17(4)20-11-18-7-8-19(20)10-18/h14,17-20H,5-13H2,1-4H3/t14-,17-,18-,19-,20-/m0/s1. The molecular weight excluding hydrogens is 354 g/mol. The first-order valence-electron chi connectivity index (χ1n) is 10.9. The van der Waals surface area contributed by atoms with Crippen LogP contribution in [0.5, 0.6) is 0 Å².